The third-order valence-electron chi connectivity index (χ3n) is 4.26. The largest absolute Gasteiger partial charge is 0.497 e. The summed E-state index contributed by atoms with van der Waals surface area (Å²) in [5.74, 6) is 2.05. The van der Waals surface area contributed by atoms with E-state index in [4.69, 9.17) is 15.0 Å². The highest BCUT2D eigenvalue weighted by Crippen LogP contribution is 2.20. The van der Waals surface area contributed by atoms with Gasteiger partial charge in [-0.05, 0) is 24.3 Å². The van der Waals surface area contributed by atoms with Crippen molar-refractivity contribution in [3.63, 3.8) is 0 Å². The number of ether oxygens (including phenoxy) is 1. The van der Waals surface area contributed by atoms with Crippen molar-refractivity contribution in [3.05, 3.63) is 30.2 Å². The van der Waals surface area contributed by atoms with E-state index in [-0.39, 0.29) is 18.3 Å². The van der Waals surface area contributed by atoms with E-state index in [0.717, 1.165) is 24.4 Å². The molecule has 1 aromatic carbocycles. The highest BCUT2D eigenvalue weighted by Gasteiger charge is 2.22. The van der Waals surface area contributed by atoms with Crippen LogP contribution in [-0.2, 0) is 11.3 Å². The Kier molecular flexibility index (Phi) is 7.38. The van der Waals surface area contributed by atoms with E-state index in [9.17, 15) is 4.79 Å². The summed E-state index contributed by atoms with van der Waals surface area (Å²) in [5.41, 5.74) is 6.32. The fourth-order valence-corrected chi connectivity index (χ4v) is 2.80. The summed E-state index contributed by atoms with van der Waals surface area (Å²) >= 11 is 0. The van der Waals surface area contributed by atoms with Crippen LogP contribution in [0, 0.1) is 0 Å². The Morgan fingerprint density at radius 3 is 2.54 bits per heavy atom. The van der Waals surface area contributed by atoms with Gasteiger partial charge in [-0.15, -0.1) is 12.4 Å². The van der Waals surface area contributed by atoms with E-state index in [1.807, 2.05) is 29.2 Å². The number of carbonyl (C=O) groups is 1. The van der Waals surface area contributed by atoms with Gasteiger partial charge in [-0.3, -0.25) is 9.69 Å². The van der Waals surface area contributed by atoms with Gasteiger partial charge in [0.25, 0.3) is 0 Å². The second kappa shape index (κ2) is 9.51. The van der Waals surface area contributed by atoms with Gasteiger partial charge in [0.1, 0.15) is 5.75 Å². The smallest absolute Gasteiger partial charge is 0.241 e. The Hall–Kier alpha value is -2.16. The van der Waals surface area contributed by atoms with Crippen LogP contribution in [0.4, 0.5) is 0 Å². The first-order chi connectivity index (χ1) is 12.2. The lowest BCUT2D eigenvalue weighted by atomic mass is 10.2. The predicted molar refractivity (Wildman–Crippen MR) is 99.1 cm³/mol. The molecule has 0 spiro atoms. The molecule has 2 heterocycles. The van der Waals surface area contributed by atoms with Crippen molar-refractivity contribution in [1.29, 1.82) is 0 Å². The standard InChI is InChI=1S/C17H23N5O3.ClH/c1-24-14-4-2-13(3-5-14)17-19-15(25-20-17)12-21-8-10-22(11-9-21)16(23)6-7-18;/h2-5H,6-12,18H2,1H3;1H. The van der Waals surface area contributed by atoms with Crippen LogP contribution in [-0.4, -0.2) is 65.7 Å². The van der Waals surface area contributed by atoms with Crippen LogP contribution in [0.1, 0.15) is 12.3 Å². The number of rotatable bonds is 6. The van der Waals surface area contributed by atoms with E-state index < -0.39 is 0 Å². The SMILES string of the molecule is COc1ccc(-c2noc(CN3CCN(C(=O)CCN)CC3)n2)cc1.Cl. The zero-order valence-electron chi connectivity index (χ0n) is 14.8. The summed E-state index contributed by atoms with van der Waals surface area (Å²) in [6.07, 6.45) is 0.412. The number of hydrogen-bond acceptors (Lipinski definition) is 7. The number of hydrogen-bond donors (Lipinski definition) is 1. The molecule has 1 saturated heterocycles. The average Bonchev–Trinajstić information content (AvgIpc) is 3.11. The fourth-order valence-electron chi connectivity index (χ4n) is 2.80. The Morgan fingerprint density at radius 2 is 1.92 bits per heavy atom. The molecule has 0 unspecified atom stereocenters. The number of carbonyl (C=O) groups excluding carboxylic acids is 1. The van der Waals surface area contributed by atoms with Gasteiger partial charge in [-0.1, -0.05) is 5.16 Å². The fraction of sp³-hybridized carbons (Fsp3) is 0.471. The van der Waals surface area contributed by atoms with Crippen molar-refractivity contribution in [3.8, 4) is 17.1 Å². The maximum atomic E-state index is 11.8. The molecular formula is C17H24ClN5O3. The van der Waals surface area contributed by atoms with Gasteiger partial charge in [-0.25, -0.2) is 0 Å². The van der Waals surface area contributed by atoms with Gasteiger partial charge < -0.3 is 19.9 Å². The Balaban J connectivity index is 0.00000243. The van der Waals surface area contributed by atoms with Crippen LogP contribution in [0.25, 0.3) is 11.4 Å². The van der Waals surface area contributed by atoms with Crippen molar-refractivity contribution in [1.82, 2.24) is 19.9 Å². The lowest BCUT2D eigenvalue weighted by molar-refractivity contribution is -0.132. The molecule has 0 aliphatic carbocycles. The molecule has 2 N–H and O–H groups in total. The van der Waals surface area contributed by atoms with E-state index in [1.54, 1.807) is 7.11 Å². The van der Waals surface area contributed by atoms with Crippen molar-refractivity contribution >= 4 is 18.3 Å². The Labute approximate surface area is 158 Å². The van der Waals surface area contributed by atoms with Crippen LogP contribution in [0.15, 0.2) is 28.8 Å². The van der Waals surface area contributed by atoms with Crippen molar-refractivity contribution < 1.29 is 14.1 Å². The van der Waals surface area contributed by atoms with Gasteiger partial charge >= 0.3 is 0 Å². The van der Waals surface area contributed by atoms with E-state index in [2.05, 4.69) is 15.0 Å². The highest BCUT2D eigenvalue weighted by atomic mass is 35.5. The minimum absolute atomic E-state index is 0. The van der Waals surface area contributed by atoms with Gasteiger partial charge in [0, 0.05) is 44.7 Å². The molecule has 1 aliphatic heterocycles. The molecule has 8 nitrogen and oxygen atoms in total. The molecule has 0 bridgehead atoms. The number of nitrogens with zero attached hydrogens (tertiary/aromatic N) is 4. The monoisotopic (exact) mass is 381 g/mol. The second-order valence-corrected chi connectivity index (χ2v) is 5.94. The Morgan fingerprint density at radius 1 is 1.23 bits per heavy atom. The van der Waals surface area contributed by atoms with E-state index in [1.165, 1.54) is 0 Å². The highest BCUT2D eigenvalue weighted by molar-refractivity contribution is 5.85. The zero-order chi connectivity index (χ0) is 17.6. The van der Waals surface area contributed by atoms with E-state index >= 15 is 0 Å². The van der Waals surface area contributed by atoms with Crippen molar-refractivity contribution in [2.45, 2.75) is 13.0 Å². The first-order valence-corrected chi connectivity index (χ1v) is 8.37. The lowest BCUT2D eigenvalue weighted by Crippen LogP contribution is -2.48. The molecular weight excluding hydrogens is 358 g/mol. The van der Waals surface area contributed by atoms with E-state index in [0.29, 0.717) is 44.3 Å². The predicted octanol–water partition coefficient (Wildman–Crippen LogP) is 1.16. The number of methoxy groups -OCH3 is 1. The number of aromatic nitrogens is 2. The molecule has 142 valence electrons. The minimum atomic E-state index is 0. The van der Waals surface area contributed by atoms with Crippen LogP contribution in [0.5, 0.6) is 5.75 Å². The second-order valence-electron chi connectivity index (χ2n) is 5.94. The molecule has 1 aromatic heterocycles. The Bertz CT molecular complexity index is 699. The van der Waals surface area contributed by atoms with Crippen LogP contribution < -0.4 is 10.5 Å². The molecule has 9 heteroatoms. The molecule has 1 fully saturated rings. The molecule has 1 amide bonds. The summed E-state index contributed by atoms with van der Waals surface area (Å²) in [4.78, 5) is 20.4. The van der Waals surface area contributed by atoms with Gasteiger partial charge in [0.2, 0.25) is 17.6 Å². The number of piperazine rings is 1. The third-order valence-corrected chi connectivity index (χ3v) is 4.26. The number of benzene rings is 1. The number of amides is 1. The van der Waals surface area contributed by atoms with Crippen molar-refractivity contribution in [2.24, 2.45) is 5.73 Å². The van der Waals surface area contributed by atoms with Crippen LogP contribution in [0.3, 0.4) is 0 Å². The molecule has 1 aliphatic rings. The number of nitrogens with two attached hydrogens (primary N) is 1. The maximum Gasteiger partial charge on any atom is 0.241 e. The summed E-state index contributed by atoms with van der Waals surface area (Å²) in [6.45, 7) is 3.97. The summed E-state index contributed by atoms with van der Waals surface area (Å²) in [6, 6.07) is 7.52. The summed E-state index contributed by atoms with van der Waals surface area (Å²) in [5, 5.41) is 4.04. The first-order valence-electron chi connectivity index (χ1n) is 8.37. The normalized spacial score (nSPS) is 14.8. The minimum Gasteiger partial charge on any atom is -0.497 e. The molecule has 0 atom stereocenters. The zero-order valence-corrected chi connectivity index (χ0v) is 15.6. The topological polar surface area (TPSA) is 97.7 Å². The summed E-state index contributed by atoms with van der Waals surface area (Å²) in [7, 11) is 1.63. The average molecular weight is 382 g/mol. The molecule has 2 aromatic rings. The van der Waals surface area contributed by atoms with Crippen LogP contribution >= 0.6 is 12.4 Å². The lowest BCUT2D eigenvalue weighted by Gasteiger charge is -2.33. The summed E-state index contributed by atoms with van der Waals surface area (Å²) < 4.78 is 10.5. The molecule has 0 radical (unpaired) electrons. The van der Waals surface area contributed by atoms with Crippen molar-refractivity contribution in [2.75, 3.05) is 39.8 Å². The van der Waals surface area contributed by atoms with Gasteiger partial charge in [0.15, 0.2) is 0 Å². The maximum absolute atomic E-state index is 11.8. The first kappa shape index (κ1) is 20.2. The molecule has 26 heavy (non-hydrogen) atoms. The quantitative estimate of drug-likeness (QED) is 0.801. The third kappa shape index (κ3) is 4.94. The van der Waals surface area contributed by atoms with Gasteiger partial charge in [-0.2, -0.15) is 4.98 Å². The molecule has 0 saturated carbocycles. The molecule has 3 rings (SSSR count). The number of halogens is 1. The van der Waals surface area contributed by atoms with Crippen LogP contribution in [0.2, 0.25) is 0 Å². The van der Waals surface area contributed by atoms with Gasteiger partial charge in [0.05, 0.1) is 13.7 Å².